The summed E-state index contributed by atoms with van der Waals surface area (Å²) in [6.07, 6.45) is 0.979. The second-order valence-electron chi connectivity index (χ2n) is 5.52. The van der Waals surface area contributed by atoms with Crippen molar-refractivity contribution >= 4 is 35.9 Å². The molecular formula is C18H13ClN4O4S. The number of hydrogen-bond donors (Lipinski definition) is 4. The van der Waals surface area contributed by atoms with Gasteiger partial charge in [-0.25, -0.2) is 5.43 Å². The minimum absolute atomic E-state index is 0.00918. The number of aromatic hydroxyl groups is 2. The summed E-state index contributed by atoms with van der Waals surface area (Å²) >= 11 is 11.0. The Bertz CT molecular complexity index is 1190. The number of phenols is 1. The fourth-order valence-corrected chi connectivity index (χ4v) is 2.78. The van der Waals surface area contributed by atoms with Crippen molar-refractivity contribution in [2.24, 2.45) is 5.10 Å². The predicted molar refractivity (Wildman–Crippen MR) is 107 cm³/mol. The first kappa shape index (κ1) is 19.3. The molecule has 0 aliphatic carbocycles. The highest BCUT2D eigenvalue weighted by molar-refractivity contribution is 7.71. The van der Waals surface area contributed by atoms with Crippen LogP contribution in [0.1, 0.15) is 15.9 Å². The highest BCUT2D eigenvalue weighted by atomic mass is 35.5. The van der Waals surface area contributed by atoms with E-state index in [9.17, 15) is 19.8 Å². The Hall–Kier alpha value is -3.43. The number of amides is 1. The molecule has 10 heteroatoms. The molecule has 0 saturated heterocycles. The third-order valence-corrected chi connectivity index (χ3v) is 4.25. The van der Waals surface area contributed by atoms with Crippen molar-refractivity contribution in [3.05, 3.63) is 79.8 Å². The molecule has 0 unspecified atom stereocenters. The molecule has 0 radical (unpaired) electrons. The van der Waals surface area contributed by atoms with Gasteiger partial charge in [0.2, 0.25) is 5.88 Å². The van der Waals surface area contributed by atoms with Crippen molar-refractivity contribution in [2.45, 2.75) is 0 Å². The van der Waals surface area contributed by atoms with E-state index in [1.54, 1.807) is 36.4 Å². The van der Waals surface area contributed by atoms with Gasteiger partial charge in [0.15, 0.2) is 4.77 Å². The van der Waals surface area contributed by atoms with Crippen LogP contribution in [0.5, 0.6) is 11.6 Å². The number of benzene rings is 2. The average molecular weight is 417 g/mol. The van der Waals surface area contributed by atoms with Gasteiger partial charge in [-0.3, -0.25) is 19.1 Å². The summed E-state index contributed by atoms with van der Waals surface area (Å²) in [6, 6.07) is 12.3. The Morgan fingerprint density at radius 2 is 1.86 bits per heavy atom. The van der Waals surface area contributed by atoms with Crippen LogP contribution >= 0.6 is 23.8 Å². The standard InChI is InChI=1S/C18H13ClN4O4S/c19-10-5-7-11(8-6-10)23-17(27)13(15(25)21-18(23)28)9-20-22-16(26)12-3-1-2-4-14(12)24/h1-9,24,27H,(H,22,26)(H,21,25,28). The number of aromatic nitrogens is 2. The van der Waals surface area contributed by atoms with Crippen molar-refractivity contribution in [3.63, 3.8) is 0 Å². The number of hydrogen-bond acceptors (Lipinski definition) is 6. The van der Waals surface area contributed by atoms with Crippen molar-refractivity contribution < 1.29 is 15.0 Å². The third kappa shape index (κ3) is 3.95. The topological polar surface area (TPSA) is 120 Å². The average Bonchev–Trinajstić information content (AvgIpc) is 2.66. The molecular weight excluding hydrogens is 404 g/mol. The molecule has 0 fully saturated rings. The van der Waals surface area contributed by atoms with E-state index in [0.717, 1.165) is 6.21 Å². The van der Waals surface area contributed by atoms with Gasteiger partial charge in [0.25, 0.3) is 11.5 Å². The lowest BCUT2D eigenvalue weighted by atomic mass is 10.2. The largest absolute Gasteiger partial charge is 0.507 e. The van der Waals surface area contributed by atoms with E-state index in [4.69, 9.17) is 23.8 Å². The van der Waals surface area contributed by atoms with Gasteiger partial charge in [-0.05, 0) is 48.6 Å². The van der Waals surface area contributed by atoms with Crippen LogP contribution in [0.2, 0.25) is 5.02 Å². The number of H-pyrrole nitrogens is 1. The maximum absolute atomic E-state index is 12.1. The molecule has 3 rings (SSSR count). The molecule has 3 aromatic rings. The first-order valence-electron chi connectivity index (χ1n) is 7.84. The van der Waals surface area contributed by atoms with Gasteiger partial charge in [-0.15, -0.1) is 0 Å². The maximum atomic E-state index is 12.1. The van der Waals surface area contributed by atoms with Gasteiger partial charge in [0.05, 0.1) is 17.5 Å². The van der Waals surface area contributed by atoms with Gasteiger partial charge in [-0.2, -0.15) is 5.10 Å². The van der Waals surface area contributed by atoms with Crippen LogP contribution in [-0.4, -0.2) is 31.9 Å². The van der Waals surface area contributed by atoms with Gasteiger partial charge in [0.1, 0.15) is 11.3 Å². The van der Waals surface area contributed by atoms with E-state index < -0.39 is 17.3 Å². The van der Waals surface area contributed by atoms with Gasteiger partial charge < -0.3 is 10.2 Å². The zero-order valence-corrected chi connectivity index (χ0v) is 15.7. The van der Waals surface area contributed by atoms with Crippen LogP contribution in [-0.2, 0) is 0 Å². The molecule has 0 spiro atoms. The Morgan fingerprint density at radius 1 is 1.18 bits per heavy atom. The summed E-state index contributed by atoms with van der Waals surface area (Å²) < 4.78 is 1.19. The fourth-order valence-electron chi connectivity index (χ4n) is 2.37. The van der Waals surface area contributed by atoms with E-state index >= 15 is 0 Å². The zero-order chi connectivity index (χ0) is 20.3. The lowest BCUT2D eigenvalue weighted by Gasteiger charge is -2.11. The molecule has 0 bridgehead atoms. The van der Waals surface area contributed by atoms with Crippen LogP contribution in [0.4, 0.5) is 0 Å². The summed E-state index contributed by atoms with van der Waals surface area (Å²) in [4.78, 5) is 26.6. The van der Waals surface area contributed by atoms with Crippen molar-refractivity contribution in [2.75, 3.05) is 0 Å². The van der Waals surface area contributed by atoms with Crippen LogP contribution in [0.25, 0.3) is 5.69 Å². The van der Waals surface area contributed by atoms with Crippen LogP contribution < -0.4 is 11.0 Å². The number of carbonyl (C=O) groups excluding carboxylic acids is 1. The highest BCUT2D eigenvalue weighted by Gasteiger charge is 2.13. The van der Waals surface area contributed by atoms with E-state index in [0.29, 0.717) is 10.7 Å². The van der Waals surface area contributed by atoms with E-state index in [2.05, 4.69) is 15.5 Å². The van der Waals surface area contributed by atoms with Crippen LogP contribution in [0.3, 0.4) is 0 Å². The molecule has 1 amide bonds. The Labute approximate surface area is 168 Å². The van der Waals surface area contributed by atoms with Crippen LogP contribution in [0.15, 0.2) is 58.4 Å². The molecule has 0 aliphatic rings. The Kier molecular flexibility index (Phi) is 5.57. The number of para-hydroxylation sites is 1. The second kappa shape index (κ2) is 8.07. The molecule has 0 aliphatic heterocycles. The molecule has 0 atom stereocenters. The fraction of sp³-hybridized carbons (Fsp3) is 0. The van der Waals surface area contributed by atoms with E-state index in [1.807, 2.05) is 0 Å². The number of halogens is 1. The number of carbonyl (C=O) groups is 1. The number of nitrogens with zero attached hydrogens (tertiary/aromatic N) is 2. The summed E-state index contributed by atoms with van der Waals surface area (Å²) in [6.45, 7) is 0. The summed E-state index contributed by atoms with van der Waals surface area (Å²) in [5, 5.41) is 24.3. The second-order valence-corrected chi connectivity index (χ2v) is 6.35. The molecule has 1 aromatic heterocycles. The number of rotatable bonds is 4. The zero-order valence-electron chi connectivity index (χ0n) is 14.1. The highest BCUT2D eigenvalue weighted by Crippen LogP contribution is 2.20. The molecule has 8 nitrogen and oxygen atoms in total. The van der Waals surface area contributed by atoms with Gasteiger partial charge in [-0.1, -0.05) is 23.7 Å². The smallest absolute Gasteiger partial charge is 0.275 e. The van der Waals surface area contributed by atoms with Crippen molar-refractivity contribution in [1.82, 2.24) is 15.0 Å². The maximum Gasteiger partial charge on any atom is 0.275 e. The van der Waals surface area contributed by atoms with E-state index in [-0.39, 0.29) is 21.6 Å². The summed E-state index contributed by atoms with van der Waals surface area (Å²) in [5.41, 5.74) is 1.75. The van der Waals surface area contributed by atoms with Crippen molar-refractivity contribution in [3.8, 4) is 17.3 Å². The molecule has 28 heavy (non-hydrogen) atoms. The number of phenolic OH excluding ortho intramolecular Hbond substituents is 1. The molecule has 4 N–H and O–H groups in total. The normalized spacial score (nSPS) is 10.9. The first-order chi connectivity index (χ1) is 13.4. The molecule has 0 saturated carbocycles. The Balaban J connectivity index is 1.93. The lowest BCUT2D eigenvalue weighted by Crippen LogP contribution is -2.21. The summed E-state index contributed by atoms with van der Waals surface area (Å²) in [7, 11) is 0. The van der Waals surface area contributed by atoms with Crippen LogP contribution in [0, 0.1) is 4.77 Å². The van der Waals surface area contributed by atoms with Gasteiger partial charge >= 0.3 is 0 Å². The molecule has 1 heterocycles. The molecule has 142 valence electrons. The van der Waals surface area contributed by atoms with Gasteiger partial charge in [0, 0.05) is 5.02 Å². The summed E-state index contributed by atoms with van der Waals surface area (Å²) in [5.74, 6) is -1.36. The minimum atomic E-state index is -0.687. The molecule has 2 aromatic carbocycles. The van der Waals surface area contributed by atoms with E-state index in [1.165, 1.54) is 16.7 Å². The Morgan fingerprint density at radius 3 is 2.54 bits per heavy atom. The number of aromatic amines is 1. The monoisotopic (exact) mass is 416 g/mol. The predicted octanol–water partition coefficient (Wildman–Crippen LogP) is 2.72. The number of hydrazone groups is 1. The first-order valence-corrected chi connectivity index (χ1v) is 8.62. The lowest BCUT2D eigenvalue weighted by molar-refractivity contribution is 0.0952. The minimum Gasteiger partial charge on any atom is -0.507 e. The van der Waals surface area contributed by atoms with Crippen molar-refractivity contribution in [1.29, 1.82) is 0 Å². The SMILES string of the molecule is O=C(NN=Cc1c(O)n(-c2ccc(Cl)cc2)c(=S)[nH]c1=O)c1ccccc1O. The quantitative estimate of drug-likeness (QED) is 0.296. The third-order valence-electron chi connectivity index (χ3n) is 3.71. The number of nitrogens with one attached hydrogen (secondary N) is 2.